The molecule has 5 heteroatoms. The average molecular weight is 289 g/mol. The third kappa shape index (κ3) is 5.25. The Balaban J connectivity index is 1.85. The van der Waals surface area contributed by atoms with Gasteiger partial charge in [-0.1, -0.05) is 13.8 Å². The summed E-state index contributed by atoms with van der Waals surface area (Å²) in [5, 5.41) is 3.16. The SMILES string of the molecule is CC(C)CCNC(N)=NCc1ccnc(N2CCCC2)c1. The minimum absolute atomic E-state index is 0.523. The molecule has 2 rings (SSSR count). The Morgan fingerprint density at radius 3 is 2.90 bits per heavy atom. The van der Waals surface area contributed by atoms with E-state index < -0.39 is 0 Å². The minimum Gasteiger partial charge on any atom is -0.370 e. The zero-order valence-corrected chi connectivity index (χ0v) is 13.2. The average Bonchev–Trinajstić information content (AvgIpc) is 2.99. The van der Waals surface area contributed by atoms with Crippen LogP contribution in [0.3, 0.4) is 0 Å². The van der Waals surface area contributed by atoms with Gasteiger partial charge in [-0.3, -0.25) is 0 Å². The van der Waals surface area contributed by atoms with Crippen molar-refractivity contribution in [1.29, 1.82) is 0 Å². The summed E-state index contributed by atoms with van der Waals surface area (Å²) in [5.41, 5.74) is 7.03. The molecule has 1 aliphatic rings. The Bertz CT molecular complexity index is 463. The monoisotopic (exact) mass is 289 g/mol. The molecular formula is C16H27N5. The Labute approximate surface area is 127 Å². The fourth-order valence-electron chi connectivity index (χ4n) is 2.40. The molecule has 1 aromatic heterocycles. The topological polar surface area (TPSA) is 66.5 Å². The fraction of sp³-hybridized carbons (Fsp3) is 0.625. The van der Waals surface area contributed by atoms with Gasteiger partial charge in [0.05, 0.1) is 6.54 Å². The molecule has 0 bridgehead atoms. The molecule has 1 aromatic rings. The number of hydrogen-bond donors (Lipinski definition) is 2. The summed E-state index contributed by atoms with van der Waals surface area (Å²) >= 11 is 0. The van der Waals surface area contributed by atoms with Gasteiger partial charge in [0, 0.05) is 25.8 Å². The highest BCUT2D eigenvalue weighted by molar-refractivity contribution is 5.77. The van der Waals surface area contributed by atoms with Crippen molar-refractivity contribution >= 4 is 11.8 Å². The first kappa shape index (κ1) is 15.6. The van der Waals surface area contributed by atoms with Crippen molar-refractivity contribution in [3.63, 3.8) is 0 Å². The number of nitrogens with zero attached hydrogens (tertiary/aromatic N) is 3. The third-order valence-corrected chi connectivity index (χ3v) is 3.70. The number of nitrogens with two attached hydrogens (primary N) is 1. The summed E-state index contributed by atoms with van der Waals surface area (Å²) < 4.78 is 0. The van der Waals surface area contributed by atoms with Gasteiger partial charge in [-0.25, -0.2) is 9.98 Å². The van der Waals surface area contributed by atoms with E-state index in [2.05, 4.69) is 40.1 Å². The summed E-state index contributed by atoms with van der Waals surface area (Å²) in [6.07, 6.45) is 5.49. The summed E-state index contributed by atoms with van der Waals surface area (Å²) in [4.78, 5) is 11.2. The van der Waals surface area contributed by atoms with Crippen molar-refractivity contribution in [3.05, 3.63) is 23.9 Å². The van der Waals surface area contributed by atoms with Crippen molar-refractivity contribution in [2.45, 2.75) is 39.7 Å². The second-order valence-corrected chi connectivity index (χ2v) is 6.03. The molecule has 1 aliphatic heterocycles. The van der Waals surface area contributed by atoms with E-state index in [1.807, 2.05) is 12.3 Å². The van der Waals surface area contributed by atoms with Crippen molar-refractivity contribution in [1.82, 2.24) is 10.3 Å². The van der Waals surface area contributed by atoms with Crippen LogP contribution in [0.25, 0.3) is 0 Å². The molecule has 1 saturated heterocycles. The quantitative estimate of drug-likeness (QED) is 0.622. The van der Waals surface area contributed by atoms with Gasteiger partial charge in [0.15, 0.2) is 5.96 Å². The van der Waals surface area contributed by atoms with Gasteiger partial charge in [-0.15, -0.1) is 0 Å². The zero-order chi connectivity index (χ0) is 15.1. The Morgan fingerprint density at radius 2 is 2.19 bits per heavy atom. The predicted octanol–water partition coefficient (Wildman–Crippen LogP) is 2.13. The zero-order valence-electron chi connectivity index (χ0n) is 13.2. The highest BCUT2D eigenvalue weighted by Crippen LogP contribution is 2.18. The van der Waals surface area contributed by atoms with E-state index in [0.717, 1.165) is 37.4 Å². The van der Waals surface area contributed by atoms with Gasteiger partial charge < -0.3 is 16.0 Å². The summed E-state index contributed by atoms with van der Waals surface area (Å²) in [6, 6.07) is 4.13. The van der Waals surface area contributed by atoms with Crippen LogP contribution in [-0.4, -0.2) is 30.6 Å². The van der Waals surface area contributed by atoms with E-state index >= 15 is 0 Å². The second kappa shape index (κ2) is 7.86. The van der Waals surface area contributed by atoms with Gasteiger partial charge >= 0.3 is 0 Å². The lowest BCUT2D eigenvalue weighted by atomic mass is 10.1. The van der Waals surface area contributed by atoms with Gasteiger partial charge in [0.25, 0.3) is 0 Å². The van der Waals surface area contributed by atoms with Crippen LogP contribution in [0.15, 0.2) is 23.3 Å². The number of aromatic nitrogens is 1. The van der Waals surface area contributed by atoms with Crippen LogP contribution < -0.4 is 16.0 Å². The van der Waals surface area contributed by atoms with Gasteiger partial charge in [0.1, 0.15) is 5.82 Å². The standard InChI is InChI=1S/C16H27N5/c1-13(2)5-7-19-16(17)20-12-14-6-8-18-15(11-14)21-9-3-4-10-21/h6,8,11,13H,3-5,7,9-10,12H2,1-2H3,(H3,17,19,20). The molecule has 0 aliphatic carbocycles. The van der Waals surface area contributed by atoms with Crippen LogP contribution in [0.1, 0.15) is 38.7 Å². The van der Waals surface area contributed by atoms with Crippen LogP contribution in [0, 0.1) is 5.92 Å². The molecule has 0 aromatic carbocycles. The number of anilines is 1. The molecule has 0 unspecified atom stereocenters. The van der Waals surface area contributed by atoms with Crippen LogP contribution >= 0.6 is 0 Å². The lowest BCUT2D eigenvalue weighted by molar-refractivity contribution is 0.576. The normalized spacial score (nSPS) is 15.8. The second-order valence-electron chi connectivity index (χ2n) is 6.03. The summed E-state index contributed by atoms with van der Waals surface area (Å²) in [6.45, 7) is 8.10. The Hall–Kier alpha value is -1.78. The molecular weight excluding hydrogens is 262 g/mol. The van der Waals surface area contributed by atoms with E-state index in [1.165, 1.54) is 12.8 Å². The molecule has 0 atom stereocenters. The lowest BCUT2D eigenvalue weighted by Crippen LogP contribution is -2.32. The first-order valence-electron chi connectivity index (χ1n) is 7.89. The molecule has 0 radical (unpaired) electrons. The molecule has 5 nitrogen and oxygen atoms in total. The molecule has 0 saturated carbocycles. The maximum absolute atomic E-state index is 5.88. The molecule has 116 valence electrons. The van der Waals surface area contributed by atoms with Crippen molar-refractivity contribution in [2.75, 3.05) is 24.5 Å². The number of nitrogens with one attached hydrogen (secondary N) is 1. The smallest absolute Gasteiger partial charge is 0.188 e. The van der Waals surface area contributed by atoms with Gasteiger partial charge in [0.2, 0.25) is 0 Å². The van der Waals surface area contributed by atoms with E-state index in [1.54, 1.807) is 0 Å². The van der Waals surface area contributed by atoms with E-state index in [0.29, 0.717) is 18.4 Å². The van der Waals surface area contributed by atoms with Crippen LogP contribution in [0.4, 0.5) is 5.82 Å². The number of aliphatic imine (C=N–C) groups is 1. The van der Waals surface area contributed by atoms with Crippen molar-refractivity contribution in [3.8, 4) is 0 Å². The van der Waals surface area contributed by atoms with Gasteiger partial charge in [-0.05, 0) is 42.9 Å². The van der Waals surface area contributed by atoms with E-state index in [-0.39, 0.29) is 0 Å². The molecule has 21 heavy (non-hydrogen) atoms. The lowest BCUT2D eigenvalue weighted by Gasteiger charge is -2.16. The first-order chi connectivity index (χ1) is 10.1. The maximum atomic E-state index is 5.88. The van der Waals surface area contributed by atoms with Crippen LogP contribution in [-0.2, 0) is 6.54 Å². The number of hydrogen-bond acceptors (Lipinski definition) is 3. The Morgan fingerprint density at radius 1 is 1.43 bits per heavy atom. The van der Waals surface area contributed by atoms with E-state index in [9.17, 15) is 0 Å². The van der Waals surface area contributed by atoms with Crippen molar-refractivity contribution in [2.24, 2.45) is 16.6 Å². The number of rotatable bonds is 6. The largest absolute Gasteiger partial charge is 0.370 e. The van der Waals surface area contributed by atoms with Gasteiger partial charge in [-0.2, -0.15) is 0 Å². The van der Waals surface area contributed by atoms with Crippen LogP contribution in [0.5, 0.6) is 0 Å². The highest BCUT2D eigenvalue weighted by Gasteiger charge is 2.13. The number of pyridine rings is 1. The predicted molar refractivity (Wildman–Crippen MR) is 88.5 cm³/mol. The third-order valence-electron chi connectivity index (χ3n) is 3.70. The Kier molecular flexibility index (Phi) is 5.84. The molecule has 1 fully saturated rings. The molecule has 2 heterocycles. The highest BCUT2D eigenvalue weighted by atomic mass is 15.2. The van der Waals surface area contributed by atoms with Crippen LogP contribution in [0.2, 0.25) is 0 Å². The molecule has 3 N–H and O–H groups in total. The first-order valence-corrected chi connectivity index (χ1v) is 7.89. The molecule has 0 amide bonds. The van der Waals surface area contributed by atoms with E-state index in [4.69, 9.17) is 5.73 Å². The maximum Gasteiger partial charge on any atom is 0.188 e. The minimum atomic E-state index is 0.523. The summed E-state index contributed by atoms with van der Waals surface area (Å²) in [5.74, 6) is 2.26. The van der Waals surface area contributed by atoms with Crippen molar-refractivity contribution < 1.29 is 0 Å². The summed E-state index contributed by atoms with van der Waals surface area (Å²) in [7, 11) is 0. The molecule has 0 spiro atoms. The number of guanidine groups is 1. The fourth-order valence-corrected chi connectivity index (χ4v) is 2.40.